The highest BCUT2D eigenvalue weighted by Gasteiger charge is 2.18. The predicted molar refractivity (Wildman–Crippen MR) is 65.3 cm³/mol. The van der Waals surface area contributed by atoms with Crippen LogP contribution in [0.15, 0.2) is 12.5 Å². The zero-order valence-electron chi connectivity index (χ0n) is 10.3. The molecule has 2 heterocycles. The number of nitrogens with zero attached hydrogens (tertiary/aromatic N) is 3. The molecular formula is C12H22N4. The smallest absolute Gasteiger partial charge is 0.0948 e. The van der Waals surface area contributed by atoms with Crippen molar-refractivity contribution in [2.75, 3.05) is 19.6 Å². The molecule has 1 saturated heterocycles. The lowest BCUT2D eigenvalue weighted by Gasteiger charge is -2.33. The third kappa shape index (κ3) is 2.62. The van der Waals surface area contributed by atoms with Gasteiger partial charge in [0.2, 0.25) is 0 Å². The predicted octanol–water partition coefficient (Wildman–Crippen LogP) is 1.09. The van der Waals surface area contributed by atoms with E-state index < -0.39 is 0 Å². The van der Waals surface area contributed by atoms with Gasteiger partial charge in [0.1, 0.15) is 0 Å². The van der Waals surface area contributed by atoms with E-state index in [1.165, 1.54) is 12.1 Å². The fourth-order valence-electron chi connectivity index (χ4n) is 2.25. The molecule has 4 nitrogen and oxygen atoms in total. The summed E-state index contributed by atoms with van der Waals surface area (Å²) in [6.07, 6.45) is 5.12. The van der Waals surface area contributed by atoms with Crippen molar-refractivity contribution in [2.24, 2.45) is 0 Å². The average Bonchev–Trinajstić information content (AvgIpc) is 2.70. The van der Waals surface area contributed by atoms with Gasteiger partial charge in [0, 0.05) is 45.0 Å². The van der Waals surface area contributed by atoms with Crippen LogP contribution in [-0.4, -0.2) is 40.1 Å². The second kappa shape index (κ2) is 5.46. The summed E-state index contributed by atoms with van der Waals surface area (Å²) in [7, 11) is 0. The van der Waals surface area contributed by atoms with Crippen LogP contribution in [0.4, 0.5) is 0 Å². The molecule has 1 fully saturated rings. The summed E-state index contributed by atoms with van der Waals surface area (Å²) >= 11 is 0. The van der Waals surface area contributed by atoms with E-state index in [0.29, 0.717) is 6.04 Å². The normalized spacial score (nSPS) is 22.5. The van der Waals surface area contributed by atoms with Gasteiger partial charge in [-0.2, -0.15) is 0 Å². The quantitative estimate of drug-likeness (QED) is 0.828. The van der Waals surface area contributed by atoms with E-state index >= 15 is 0 Å². The van der Waals surface area contributed by atoms with Gasteiger partial charge >= 0.3 is 0 Å². The Bertz CT molecular complexity index is 321. The van der Waals surface area contributed by atoms with Crippen molar-refractivity contribution in [3.8, 4) is 0 Å². The van der Waals surface area contributed by atoms with Crippen LogP contribution in [0.5, 0.6) is 0 Å². The molecule has 1 aromatic heterocycles. The molecule has 0 spiro atoms. The first kappa shape index (κ1) is 11.6. The van der Waals surface area contributed by atoms with Gasteiger partial charge in [-0.3, -0.25) is 4.90 Å². The van der Waals surface area contributed by atoms with Gasteiger partial charge in [0.15, 0.2) is 0 Å². The van der Waals surface area contributed by atoms with Gasteiger partial charge in [-0.15, -0.1) is 0 Å². The molecule has 0 radical (unpaired) electrons. The molecule has 16 heavy (non-hydrogen) atoms. The first-order valence-electron chi connectivity index (χ1n) is 6.25. The summed E-state index contributed by atoms with van der Waals surface area (Å²) < 4.78 is 2.27. The van der Waals surface area contributed by atoms with Crippen LogP contribution in [0.25, 0.3) is 0 Å². The number of aromatic nitrogens is 2. The highest BCUT2D eigenvalue weighted by Crippen LogP contribution is 2.10. The summed E-state index contributed by atoms with van der Waals surface area (Å²) in [4.78, 5) is 6.78. The van der Waals surface area contributed by atoms with Crippen molar-refractivity contribution in [1.82, 2.24) is 19.8 Å². The molecule has 0 saturated carbocycles. The first-order chi connectivity index (χ1) is 7.81. The van der Waals surface area contributed by atoms with Crippen molar-refractivity contribution in [3.05, 3.63) is 18.2 Å². The van der Waals surface area contributed by atoms with Gasteiger partial charge in [0.25, 0.3) is 0 Å². The van der Waals surface area contributed by atoms with Gasteiger partial charge in [0.05, 0.1) is 12.0 Å². The van der Waals surface area contributed by atoms with Gasteiger partial charge in [-0.25, -0.2) is 4.98 Å². The number of hydrogen-bond acceptors (Lipinski definition) is 3. The van der Waals surface area contributed by atoms with Gasteiger partial charge in [-0.1, -0.05) is 6.92 Å². The molecule has 1 aromatic rings. The molecule has 1 N–H and O–H groups in total. The maximum atomic E-state index is 4.25. The largest absolute Gasteiger partial charge is 0.333 e. The molecule has 0 bridgehead atoms. The lowest BCUT2D eigenvalue weighted by Crippen LogP contribution is -2.49. The number of nitrogens with one attached hydrogen (secondary N) is 1. The minimum absolute atomic E-state index is 0.624. The zero-order valence-corrected chi connectivity index (χ0v) is 10.3. The van der Waals surface area contributed by atoms with Crippen LogP contribution in [0.1, 0.15) is 26.0 Å². The van der Waals surface area contributed by atoms with Crippen LogP contribution >= 0.6 is 0 Å². The second-order valence-corrected chi connectivity index (χ2v) is 4.60. The van der Waals surface area contributed by atoms with Crippen LogP contribution in [-0.2, 0) is 13.1 Å². The van der Waals surface area contributed by atoms with Gasteiger partial charge < -0.3 is 9.88 Å². The Morgan fingerprint density at radius 1 is 1.56 bits per heavy atom. The zero-order chi connectivity index (χ0) is 11.4. The summed E-state index contributed by atoms with van der Waals surface area (Å²) in [5.74, 6) is 0. The van der Waals surface area contributed by atoms with Gasteiger partial charge in [-0.05, 0) is 13.3 Å². The maximum absolute atomic E-state index is 4.25. The number of imidazole rings is 1. The fraction of sp³-hybridized carbons (Fsp3) is 0.750. The number of hydrogen-bond donors (Lipinski definition) is 1. The van der Waals surface area contributed by atoms with Crippen LogP contribution < -0.4 is 5.32 Å². The number of rotatable bonds is 4. The van der Waals surface area contributed by atoms with Crippen LogP contribution in [0.2, 0.25) is 0 Å². The lowest BCUT2D eigenvalue weighted by atomic mass is 10.2. The summed E-state index contributed by atoms with van der Waals surface area (Å²) in [6.45, 7) is 9.94. The van der Waals surface area contributed by atoms with E-state index in [0.717, 1.165) is 32.7 Å². The Hall–Kier alpha value is -0.870. The van der Waals surface area contributed by atoms with Crippen molar-refractivity contribution < 1.29 is 0 Å². The van der Waals surface area contributed by atoms with Crippen molar-refractivity contribution >= 4 is 0 Å². The molecule has 1 aliphatic rings. The molecule has 2 rings (SSSR count). The summed E-state index contributed by atoms with van der Waals surface area (Å²) in [6, 6.07) is 0.624. The summed E-state index contributed by atoms with van der Waals surface area (Å²) in [5, 5.41) is 3.42. The third-order valence-corrected chi connectivity index (χ3v) is 3.27. The highest BCUT2D eigenvalue weighted by molar-refractivity contribution is 4.99. The van der Waals surface area contributed by atoms with Crippen molar-refractivity contribution in [1.29, 1.82) is 0 Å². The third-order valence-electron chi connectivity index (χ3n) is 3.27. The van der Waals surface area contributed by atoms with E-state index in [4.69, 9.17) is 0 Å². The van der Waals surface area contributed by atoms with E-state index in [-0.39, 0.29) is 0 Å². The van der Waals surface area contributed by atoms with E-state index in [1.54, 1.807) is 0 Å². The second-order valence-electron chi connectivity index (χ2n) is 4.60. The highest BCUT2D eigenvalue weighted by atomic mass is 15.2. The lowest BCUT2D eigenvalue weighted by molar-refractivity contribution is 0.162. The van der Waals surface area contributed by atoms with E-state index in [1.807, 2.05) is 12.5 Å². The Kier molecular flexibility index (Phi) is 3.96. The van der Waals surface area contributed by atoms with Crippen molar-refractivity contribution in [2.45, 2.75) is 39.4 Å². The molecule has 1 aliphatic heterocycles. The fourth-order valence-corrected chi connectivity index (χ4v) is 2.25. The van der Waals surface area contributed by atoms with Crippen LogP contribution in [0.3, 0.4) is 0 Å². The standard InChI is InChI=1S/C12H22N4/c1-3-5-16-10-14-8-12(16)9-15-6-4-13-7-11(15)2/h8,10-11,13H,3-7,9H2,1-2H3. The molecule has 90 valence electrons. The molecule has 0 aromatic carbocycles. The molecule has 4 heteroatoms. The summed E-state index contributed by atoms with van der Waals surface area (Å²) in [5.41, 5.74) is 1.34. The van der Waals surface area contributed by atoms with Crippen molar-refractivity contribution in [3.63, 3.8) is 0 Å². The Balaban J connectivity index is 1.99. The first-order valence-corrected chi connectivity index (χ1v) is 6.25. The van der Waals surface area contributed by atoms with Crippen LogP contribution in [0, 0.1) is 0 Å². The molecule has 1 atom stereocenters. The Labute approximate surface area is 97.7 Å². The Morgan fingerprint density at radius 3 is 3.19 bits per heavy atom. The molecule has 0 aliphatic carbocycles. The Morgan fingerprint density at radius 2 is 2.44 bits per heavy atom. The van der Waals surface area contributed by atoms with E-state index in [2.05, 4.69) is 33.6 Å². The molecule has 0 amide bonds. The minimum Gasteiger partial charge on any atom is -0.333 e. The number of aryl methyl sites for hydroxylation is 1. The molecule has 1 unspecified atom stereocenters. The monoisotopic (exact) mass is 222 g/mol. The minimum atomic E-state index is 0.624. The van der Waals surface area contributed by atoms with E-state index in [9.17, 15) is 0 Å². The topological polar surface area (TPSA) is 33.1 Å². The maximum Gasteiger partial charge on any atom is 0.0948 e. The number of piperazine rings is 1. The SMILES string of the molecule is CCCn1cncc1CN1CCNCC1C. The molecular weight excluding hydrogens is 200 g/mol. The average molecular weight is 222 g/mol.